The van der Waals surface area contributed by atoms with Crippen molar-refractivity contribution in [1.82, 2.24) is 9.13 Å². The van der Waals surface area contributed by atoms with Gasteiger partial charge in [0, 0.05) is 27.9 Å². The van der Waals surface area contributed by atoms with Crippen LogP contribution in [0.25, 0.3) is 59.0 Å². The molecule has 2 aromatic heterocycles. The van der Waals surface area contributed by atoms with E-state index in [9.17, 15) is 0 Å². The largest absolute Gasteiger partial charge is 0.310 e. The van der Waals surface area contributed by atoms with Gasteiger partial charge in [-0.25, -0.2) is 0 Å². The van der Waals surface area contributed by atoms with E-state index in [2.05, 4.69) is 132 Å². The first kappa shape index (κ1) is 23.2. The number of hydrogen-bond acceptors (Lipinski definition) is 0. The maximum Gasteiger partial charge on any atom is 0.0503 e. The topological polar surface area (TPSA) is 9.86 Å². The fourth-order valence-electron chi connectivity index (χ4n) is 7.88. The van der Waals surface area contributed by atoms with Crippen molar-refractivity contribution in [3.05, 3.63) is 128 Å². The number of allylic oxidation sites excluding steroid dienone is 6. The molecule has 0 saturated heterocycles. The molecule has 0 aliphatic heterocycles. The normalized spacial score (nSPS) is 17.7. The lowest BCUT2D eigenvalue weighted by Gasteiger charge is -2.23. The average Bonchev–Trinajstić information content (AvgIpc) is 3.61. The van der Waals surface area contributed by atoms with Gasteiger partial charge in [-0.1, -0.05) is 86.7 Å². The standard InChI is InChI=1S/C39H32N2/c1-39(2)33-23-25(40-35-15-7-3-11-29(35)30-12-4-8-16-36(30)40)19-21-27(33)28-22-20-26(24-34(28)39)41-37-17-9-5-13-31(37)32-14-6-10-18-38(32)41/h3-7,9,12,14-24H,8,10-11,13H2,1-2H3. The van der Waals surface area contributed by atoms with Gasteiger partial charge in [-0.3, -0.25) is 0 Å². The summed E-state index contributed by atoms with van der Waals surface area (Å²) in [6.45, 7) is 4.81. The molecule has 9 rings (SSSR count). The van der Waals surface area contributed by atoms with Crippen molar-refractivity contribution >= 4 is 36.5 Å². The summed E-state index contributed by atoms with van der Waals surface area (Å²) in [5.74, 6) is 0. The van der Waals surface area contributed by atoms with Gasteiger partial charge in [0.25, 0.3) is 0 Å². The molecule has 0 fully saturated rings. The highest BCUT2D eigenvalue weighted by molar-refractivity contribution is 5.83. The molecule has 0 atom stereocenters. The Morgan fingerprint density at radius 2 is 1.07 bits per heavy atom. The molecule has 0 amide bonds. The zero-order valence-corrected chi connectivity index (χ0v) is 23.6. The molecule has 41 heavy (non-hydrogen) atoms. The zero-order valence-electron chi connectivity index (χ0n) is 23.6. The predicted molar refractivity (Wildman–Crippen MR) is 172 cm³/mol. The Hall–Kier alpha value is -4.56. The molecule has 2 aromatic carbocycles. The van der Waals surface area contributed by atoms with Crippen molar-refractivity contribution in [2.45, 2.75) is 44.9 Å². The maximum atomic E-state index is 2.49. The Morgan fingerprint density at radius 3 is 1.56 bits per heavy atom. The van der Waals surface area contributed by atoms with E-state index in [0.717, 1.165) is 25.7 Å². The lowest BCUT2D eigenvalue weighted by atomic mass is 9.82. The molecular formula is C39H32N2. The second-order valence-electron chi connectivity index (χ2n) is 12.4. The van der Waals surface area contributed by atoms with Crippen molar-refractivity contribution in [2.24, 2.45) is 0 Å². The lowest BCUT2D eigenvalue weighted by Crippen LogP contribution is -2.28. The fraction of sp³-hybridized carbons (Fsp3) is 0.179. The summed E-state index contributed by atoms with van der Waals surface area (Å²) < 4.78 is 4.99. The summed E-state index contributed by atoms with van der Waals surface area (Å²) in [4.78, 5) is 0. The van der Waals surface area contributed by atoms with Crippen LogP contribution in [0.4, 0.5) is 0 Å². The van der Waals surface area contributed by atoms with E-state index >= 15 is 0 Å². The summed E-state index contributed by atoms with van der Waals surface area (Å²) >= 11 is 0. The van der Waals surface area contributed by atoms with Gasteiger partial charge in [0.15, 0.2) is 0 Å². The fourth-order valence-corrected chi connectivity index (χ4v) is 7.88. The van der Waals surface area contributed by atoms with Gasteiger partial charge in [0.1, 0.15) is 0 Å². The Morgan fingerprint density at radius 1 is 0.585 bits per heavy atom. The third-order valence-corrected chi connectivity index (χ3v) is 9.83. The molecule has 5 aliphatic rings. The minimum atomic E-state index is -0.0995. The van der Waals surface area contributed by atoms with Crippen LogP contribution >= 0.6 is 0 Å². The third kappa shape index (κ3) is 3.08. The van der Waals surface area contributed by atoms with Crippen LogP contribution < -0.4 is 21.4 Å². The van der Waals surface area contributed by atoms with Crippen LogP contribution in [0, 0.1) is 0 Å². The molecule has 2 heterocycles. The van der Waals surface area contributed by atoms with E-state index in [0.29, 0.717) is 0 Å². The van der Waals surface area contributed by atoms with E-state index in [-0.39, 0.29) is 5.41 Å². The minimum absolute atomic E-state index is 0.0995. The molecule has 0 N–H and O–H groups in total. The highest BCUT2D eigenvalue weighted by atomic mass is 15.0. The maximum absolute atomic E-state index is 2.49. The SMILES string of the molecule is CC1(C)c2cc(-n3c4c(c5c3=CC=CC5)C=CCC=4)ccc2-c2ccc(-n3c4c(c5c3=CC=CC5)C=CCC=4)cc21. The highest BCUT2D eigenvalue weighted by Crippen LogP contribution is 2.49. The molecule has 0 unspecified atom stereocenters. The molecule has 2 heteroatoms. The Balaban J connectivity index is 1.23. The van der Waals surface area contributed by atoms with Crippen molar-refractivity contribution in [1.29, 1.82) is 0 Å². The van der Waals surface area contributed by atoms with E-state index in [1.807, 2.05) is 0 Å². The van der Waals surface area contributed by atoms with Gasteiger partial charge >= 0.3 is 0 Å². The highest BCUT2D eigenvalue weighted by Gasteiger charge is 2.36. The number of rotatable bonds is 2. The van der Waals surface area contributed by atoms with E-state index in [4.69, 9.17) is 0 Å². The van der Waals surface area contributed by atoms with Crippen LogP contribution in [0.5, 0.6) is 0 Å². The van der Waals surface area contributed by atoms with Crippen molar-refractivity contribution < 1.29 is 0 Å². The number of benzene rings is 2. The van der Waals surface area contributed by atoms with E-state index in [1.54, 1.807) is 0 Å². The summed E-state index contributed by atoms with van der Waals surface area (Å²) in [7, 11) is 0. The van der Waals surface area contributed by atoms with Crippen LogP contribution in [0.2, 0.25) is 0 Å². The Labute approximate surface area is 240 Å². The summed E-state index contributed by atoms with van der Waals surface area (Å²) in [6.07, 6.45) is 31.5. The molecule has 0 radical (unpaired) electrons. The first-order valence-corrected chi connectivity index (χ1v) is 15.0. The van der Waals surface area contributed by atoms with Crippen molar-refractivity contribution in [3.63, 3.8) is 0 Å². The smallest absolute Gasteiger partial charge is 0.0503 e. The number of nitrogens with zero attached hydrogens (tertiary/aromatic N) is 2. The monoisotopic (exact) mass is 528 g/mol. The number of fused-ring (bicyclic) bond motifs is 9. The van der Waals surface area contributed by atoms with Gasteiger partial charge < -0.3 is 9.13 Å². The predicted octanol–water partition coefficient (Wildman–Crippen LogP) is 5.75. The lowest BCUT2D eigenvalue weighted by molar-refractivity contribution is 0.658. The second-order valence-corrected chi connectivity index (χ2v) is 12.4. The van der Waals surface area contributed by atoms with Crippen molar-refractivity contribution in [2.75, 3.05) is 0 Å². The first-order chi connectivity index (χ1) is 20.1. The van der Waals surface area contributed by atoms with Crippen LogP contribution in [0.3, 0.4) is 0 Å². The van der Waals surface area contributed by atoms with Gasteiger partial charge in [0.05, 0.1) is 21.4 Å². The van der Waals surface area contributed by atoms with Crippen LogP contribution in [0.15, 0.2) is 72.9 Å². The quantitative estimate of drug-likeness (QED) is 0.313. The van der Waals surface area contributed by atoms with Crippen LogP contribution in [0.1, 0.15) is 60.1 Å². The van der Waals surface area contributed by atoms with E-state index in [1.165, 1.54) is 77.3 Å². The van der Waals surface area contributed by atoms with Gasteiger partial charge in [-0.05, 0) is 95.5 Å². The summed E-state index contributed by atoms with van der Waals surface area (Å²) in [5, 5.41) is 5.33. The van der Waals surface area contributed by atoms with Crippen LogP contribution in [-0.2, 0) is 18.3 Å². The molecule has 5 aliphatic carbocycles. The molecule has 0 bridgehead atoms. The summed E-state index contributed by atoms with van der Waals surface area (Å²) in [5.41, 5.74) is 13.6. The summed E-state index contributed by atoms with van der Waals surface area (Å²) in [6, 6.07) is 14.3. The second kappa shape index (κ2) is 8.24. The number of hydrogen-bond donors (Lipinski definition) is 0. The van der Waals surface area contributed by atoms with Gasteiger partial charge in [-0.2, -0.15) is 0 Å². The molecule has 2 nitrogen and oxygen atoms in total. The molecular weight excluding hydrogens is 496 g/mol. The minimum Gasteiger partial charge on any atom is -0.310 e. The van der Waals surface area contributed by atoms with Crippen molar-refractivity contribution in [3.8, 4) is 22.5 Å². The Bertz CT molecular complexity index is 2060. The average molecular weight is 529 g/mol. The molecule has 198 valence electrons. The van der Waals surface area contributed by atoms with E-state index < -0.39 is 0 Å². The molecule has 0 saturated carbocycles. The van der Waals surface area contributed by atoms with Gasteiger partial charge in [0.2, 0.25) is 0 Å². The molecule has 0 spiro atoms. The molecule has 4 aromatic rings. The third-order valence-electron chi connectivity index (χ3n) is 9.83. The zero-order chi connectivity index (χ0) is 27.3. The Kier molecular flexibility index (Phi) is 4.66. The first-order valence-electron chi connectivity index (χ1n) is 15.0. The number of aromatic nitrogens is 2. The van der Waals surface area contributed by atoms with Crippen LogP contribution in [-0.4, -0.2) is 9.13 Å². The van der Waals surface area contributed by atoms with Gasteiger partial charge in [-0.15, -0.1) is 0 Å².